The number of hydrogen-bond acceptors (Lipinski definition) is 4. The van der Waals surface area contributed by atoms with Crippen LogP contribution in [0.4, 0.5) is 4.79 Å². The fraction of sp³-hybridized carbons (Fsp3) is 0.423. The first-order valence-corrected chi connectivity index (χ1v) is 11.4. The molecule has 2 amide bonds. The van der Waals surface area contributed by atoms with Crippen LogP contribution < -0.4 is 10.6 Å². The molecule has 7 heteroatoms. The summed E-state index contributed by atoms with van der Waals surface area (Å²) in [6.45, 7) is 5.85. The number of carboxylic acid groups (broad SMARTS) is 1. The van der Waals surface area contributed by atoms with Crippen LogP contribution in [-0.2, 0) is 14.3 Å². The highest BCUT2D eigenvalue weighted by Crippen LogP contribution is 2.44. The first-order chi connectivity index (χ1) is 15.8. The van der Waals surface area contributed by atoms with Crippen molar-refractivity contribution in [2.45, 2.75) is 58.0 Å². The van der Waals surface area contributed by atoms with Gasteiger partial charge < -0.3 is 20.5 Å². The molecule has 0 bridgehead atoms. The second kappa shape index (κ2) is 11.0. The molecule has 2 aromatic rings. The van der Waals surface area contributed by atoms with Gasteiger partial charge in [-0.3, -0.25) is 9.59 Å². The molecule has 7 nitrogen and oxygen atoms in total. The van der Waals surface area contributed by atoms with Crippen molar-refractivity contribution in [1.29, 1.82) is 0 Å². The Morgan fingerprint density at radius 1 is 0.939 bits per heavy atom. The summed E-state index contributed by atoms with van der Waals surface area (Å²) in [5.41, 5.74) is 4.59. The standard InChI is InChI=1S/C26H32N2O5/c1-4-17(13-25(30)31)27-24(29)14-23(16(2)3)28-26(32)33-15-22-20-11-7-5-9-18(20)19-10-6-8-12-21(19)22/h5-12,16-17,22-23H,4,13-15H2,1-3H3,(H,27,29)(H,28,32)(H,30,31). The minimum absolute atomic E-state index is 0.00390. The smallest absolute Gasteiger partial charge is 0.407 e. The normalized spacial score (nSPS) is 14.2. The number of fused-ring (bicyclic) bond motifs is 3. The Balaban J connectivity index is 1.59. The van der Waals surface area contributed by atoms with E-state index in [-0.39, 0.29) is 37.2 Å². The first kappa shape index (κ1) is 24.3. The minimum Gasteiger partial charge on any atom is -0.481 e. The summed E-state index contributed by atoms with van der Waals surface area (Å²) in [5, 5.41) is 14.5. The molecule has 3 N–H and O–H groups in total. The molecule has 0 radical (unpaired) electrons. The number of rotatable bonds is 10. The predicted molar refractivity (Wildman–Crippen MR) is 126 cm³/mol. The second-order valence-electron chi connectivity index (χ2n) is 8.80. The Morgan fingerprint density at radius 3 is 2.03 bits per heavy atom. The van der Waals surface area contributed by atoms with E-state index in [1.807, 2.05) is 45.0 Å². The molecule has 2 aromatic carbocycles. The molecular weight excluding hydrogens is 420 g/mol. The molecule has 0 aliphatic heterocycles. The Labute approximate surface area is 194 Å². The lowest BCUT2D eigenvalue weighted by Crippen LogP contribution is -2.45. The van der Waals surface area contributed by atoms with E-state index < -0.39 is 24.1 Å². The molecule has 0 spiro atoms. The van der Waals surface area contributed by atoms with Gasteiger partial charge in [0.1, 0.15) is 6.61 Å². The van der Waals surface area contributed by atoms with Gasteiger partial charge in [0.15, 0.2) is 0 Å². The van der Waals surface area contributed by atoms with Crippen LogP contribution in [0.25, 0.3) is 11.1 Å². The van der Waals surface area contributed by atoms with Gasteiger partial charge in [-0.25, -0.2) is 4.79 Å². The van der Waals surface area contributed by atoms with Gasteiger partial charge in [0.05, 0.1) is 6.42 Å². The van der Waals surface area contributed by atoms with Gasteiger partial charge >= 0.3 is 12.1 Å². The largest absolute Gasteiger partial charge is 0.481 e. The molecular formula is C26H32N2O5. The molecule has 0 heterocycles. The zero-order valence-electron chi connectivity index (χ0n) is 19.3. The van der Waals surface area contributed by atoms with Crippen LogP contribution in [0.15, 0.2) is 48.5 Å². The first-order valence-electron chi connectivity index (χ1n) is 11.4. The SMILES string of the molecule is CCC(CC(=O)O)NC(=O)CC(NC(=O)OCC1c2ccccc2-c2ccccc21)C(C)C. The molecule has 1 aliphatic carbocycles. The van der Waals surface area contributed by atoms with E-state index in [4.69, 9.17) is 9.84 Å². The van der Waals surface area contributed by atoms with E-state index in [0.29, 0.717) is 6.42 Å². The summed E-state index contributed by atoms with van der Waals surface area (Å²) < 4.78 is 5.60. The van der Waals surface area contributed by atoms with Gasteiger partial charge in [-0.1, -0.05) is 69.3 Å². The third-order valence-corrected chi connectivity index (χ3v) is 6.14. The third-order valence-electron chi connectivity index (χ3n) is 6.14. The van der Waals surface area contributed by atoms with Crippen LogP contribution in [0.1, 0.15) is 57.1 Å². The number of ether oxygens (including phenoxy) is 1. The number of carboxylic acids is 1. The van der Waals surface area contributed by atoms with E-state index in [0.717, 1.165) is 22.3 Å². The molecule has 0 saturated carbocycles. The number of hydrogen-bond donors (Lipinski definition) is 3. The monoisotopic (exact) mass is 452 g/mol. The van der Waals surface area contributed by atoms with Crippen molar-refractivity contribution in [3.05, 3.63) is 59.7 Å². The topological polar surface area (TPSA) is 105 Å². The minimum atomic E-state index is -0.959. The van der Waals surface area contributed by atoms with Gasteiger partial charge in [-0.15, -0.1) is 0 Å². The average Bonchev–Trinajstić information content (AvgIpc) is 3.10. The lowest BCUT2D eigenvalue weighted by molar-refractivity contribution is -0.137. The summed E-state index contributed by atoms with van der Waals surface area (Å²) in [5.74, 6) is -1.29. The van der Waals surface area contributed by atoms with Crippen LogP contribution in [0.5, 0.6) is 0 Å². The summed E-state index contributed by atoms with van der Waals surface area (Å²) in [6.07, 6.45) is -0.128. The lowest BCUT2D eigenvalue weighted by Gasteiger charge is -2.24. The van der Waals surface area contributed by atoms with Crippen LogP contribution >= 0.6 is 0 Å². The van der Waals surface area contributed by atoms with Crippen molar-refractivity contribution < 1.29 is 24.2 Å². The van der Waals surface area contributed by atoms with E-state index in [1.165, 1.54) is 0 Å². The quantitative estimate of drug-likeness (QED) is 0.498. The van der Waals surface area contributed by atoms with Gasteiger partial charge in [-0.05, 0) is 34.6 Å². The number of alkyl carbamates (subject to hydrolysis) is 1. The Hall–Kier alpha value is -3.35. The number of carbonyl (C=O) groups excluding carboxylic acids is 2. The zero-order valence-corrected chi connectivity index (χ0v) is 19.3. The van der Waals surface area contributed by atoms with E-state index in [2.05, 4.69) is 34.9 Å². The number of nitrogens with one attached hydrogen (secondary N) is 2. The fourth-order valence-electron chi connectivity index (χ4n) is 4.24. The molecule has 0 fully saturated rings. The Morgan fingerprint density at radius 2 is 1.52 bits per heavy atom. The molecule has 3 rings (SSSR count). The van der Waals surface area contributed by atoms with Gasteiger partial charge in [-0.2, -0.15) is 0 Å². The van der Waals surface area contributed by atoms with Crippen molar-refractivity contribution in [1.82, 2.24) is 10.6 Å². The summed E-state index contributed by atoms with van der Waals surface area (Å²) in [4.78, 5) is 36.0. The number of carbonyl (C=O) groups is 3. The van der Waals surface area contributed by atoms with Gasteiger partial charge in [0, 0.05) is 24.4 Å². The molecule has 2 atom stereocenters. The van der Waals surface area contributed by atoms with Crippen LogP contribution in [0.3, 0.4) is 0 Å². The van der Waals surface area contributed by atoms with E-state index in [9.17, 15) is 14.4 Å². The fourth-order valence-corrected chi connectivity index (χ4v) is 4.24. The predicted octanol–water partition coefficient (Wildman–Crippen LogP) is 4.31. The second-order valence-corrected chi connectivity index (χ2v) is 8.80. The number of benzene rings is 2. The average molecular weight is 453 g/mol. The molecule has 33 heavy (non-hydrogen) atoms. The maximum atomic E-state index is 12.6. The van der Waals surface area contributed by atoms with Crippen molar-refractivity contribution in [3.63, 3.8) is 0 Å². The highest BCUT2D eigenvalue weighted by Gasteiger charge is 2.29. The van der Waals surface area contributed by atoms with E-state index in [1.54, 1.807) is 0 Å². The third kappa shape index (κ3) is 6.12. The molecule has 1 aliphatic rings. The molecule has 0 saturated heterocycles. The van der Waals surface area contributed by atoms with Crippen LogP contribution in [0, 0.1) is 5.92 Å². The highest BCUT2D eigenvalue weighted by molar-refractivity contribution is 5.80. The number of amides is 2. The van der Waals surface area contributed by atoms with Crippen molar-refractivity contribution in [3.8, 4) is 11.1 Å². The maximum Gasteiger partial charge on any atom is 0.407 e. The zero-order chi connectivity index (χ0) is 24.0. The molecule has 0 aromatic heterocycles. The van der Waals surface area contributed by atoms with Gasteiger partial charge in [0.25, 0.3) is 0 Å². The maximum absolute atomic E-state index is 12.6. The molecule has 2 unspecified atom stereocenters. The van der Waals surface area contributed by atoms with Gasteiger partial charge in [0.2, 0.25) is 5.91 Å². The summed E-state index contributed by atoms with van der Waals surface area (Å²) in [6, 6.07) is 15.4. The Bertz CT molecular complexity index is 958. The van der Waals surface area contributed by atoms with Crippen LogP contribution in [-0.4, -0.2) is 41.8 Å². The van der Waals surface area contributed by atoms with Crippen molar-refractivity contribution in [2.75, 3.05) is 6.61 Å². The lowest BCUT2D eigenvalue weighted by atomic mass is 9.98. The summed E-state index contributed by atoms with van der Waals surface area (Å²) >= 11 is 0. The molecule has 176 valence electrons. The van der Waals surface area contributed by atoms with E-state index >= 15 is 0 Å². The Kier molecular flexibility index (Phi) is 8.09. The number of aliphatic carboxylic acids is 1. The van der Waals surface area contributed by atoms with Crippen LogP contribution in [0.2, 0.25) is 0 Å². The van der Waals surface area contributed by atoms with Crippen molar-refractivity contribution >= 4 is 18.0 Å². The summed E-state index contributed by atoms with van der Waals surface area (Å²) in [7, 11) is 0. The highest BCUT2D eigenvalue weighted by atomic mass is 16.5. The van der Waals surface area contributed by atoms with Crippen molar-refractivity contribution in [2.24, 2.45) is 5.92 Å².